The summed E-state index contributed by atoms with van der Waals surface area (Å²) in [4.78, 5) is 5.22. The highest BCUT2D eigenvalue weighted by Crippen LogP contribution is 2.34. The van der Waals surface area contributed by atoms with Crippen molar-refractivity contribution >= 4 is 55.0 Å². The van der Waals surface area contributed by atoms with Crippen molar-refractivity contribution in [2.24, 2.45) is 0 Å². The van der Waals surface area contributed by atoms with Crippen LogP contribution in [-0.4, -0.2) is 26.2 Å². The van der Waals surface area contributed by atoms with Gasteiger partial charge in [0.2, 0.25) is 0 Å². The van der Waals surface area contributed by atoms with Gasteiger partial charge in [0.15, 0.2) is 0 Å². The summed E-state index contributed by atoms with van der Waals surface area (Å²) in [6, 6.07) is 35.6. The summed E-state index contributed by atoms with van der Waals surface area (Å²) < 4.78 is 5.07. The Kier molecular flexibility index (Phi) is 6.48. The molecule has 0 N–H and O–H groups in total. The highest BCUT2D eigenvalue weighted by Gasteiger charge is 2.36. The van der Waals surface area contributed by atoms with Crippen LogP contribution >= 0.6 is 0 Å². The van der Waals surface area contributed by atoms with Crippen molar-refractivity contribution in [2.45, 2.75) is 13.1 Å². The van der Waals surface area contributed by atoms with Crippen LogP contribution in [-0.2, 0) is 13.1 Å². The average molecular weight is 628 g/mol. The summed E-state index contributed by atoms with van der Waals surface area (Å²) >= 11 is 0. The number of para-hydroxylation sites is 2. The summed E-state index contributed by atoms with van der Waals surface area (Å²) in [5.74, 6) is 2.75. The molecule has 4 aromatic carbocycles. The Morgan fingerprint density at radius 3 is 1.21 bits per heavy atom. The van der Waals surface area contributed by atoms with E-state index < -0.39 is 0 Å². The number of aromatic nitrogens is 2. The van der Waals surface area contributed by atoms with Gasteiger partial charge >= 0.3 is 0 Å². The fourth-order valence-electron chi connectivity index (χ4n) is 6.68. The Morgan fingerprint density at radius 2 is 0.789 bits per heavy atom. The van der Waals surface area contributed by atoms with E-state index in [0.29, 0.717) is 0 Å². The SMILES string of the molecule is [Br-].[Br-].c1ccc2c(c1)c1[n+](c3ccccc23)CCN1CCN1CC[n+]2c1c1ccccc1c1ccccc12. The van der Waals surface area contributed by atoms with Crippen LogP contribution in [0.5, 0.6) is 0 Å². The van der Waals surface area contributed by atoms with E-state index >= 15 is 0 Å². The van der Waals surface area contributed by atoms with Crippen molar-refractivity contribution in [1.29, 1.82) is 0 Å². The number of halogens is 2. The van der Waals surface area contributed by atoms with Crippen LogP contribution in [0.1, 0.15) is 0 Å². The van der Waals surface area contributed by atoms with Gasteiger partial charge in [0.25, 0.3) is 11.6 Å². The normalized spacial score (nSPS) is 14.1. The zero-order chi connectivity index (χ0) is 23.6. The molecule has 0 radical (unpaired) electrons. The molecule has 2 aromatic heterocycles. The molecular formula is C32H28Br2N4. The number of fused-ring (bicyclic) bond motifs is 12. The Bertz CT molecular complexity index is 1700. The maximum atomic E-state index is 2.61. The first-order chi connectivity index (χ1) is 17.9. The third kappa shape index (κ3) is 3.61. The molecule has 0 atom stereocenters. The third-order valence-corrected chi connectivity index (χ3v) is 8.24. The molecule has 4 heterocycles. The predicted molar refractivity (Wildman–Crippen MR) is 148 cm³/mol. The summed E-state index contributed by atoms with van der Waals surface area (Å²) in [7, 11) is 0. The summed E-state index contributed by atoms with van der Waals surface area (Å²) in [5, 5.41) is 8.13. The Labute approximate surface area is 243 Å². The highest BCUT2D eigenvalue weighted by molar-refractivity contribution is 6.09. The second kappa shape index (κ2) is 9.83. The first kappa shape index (κ1) is 25.1. The van der Waals surface area contributed by atoms with Crippen LogP contribution in [0.2, 0.25) is 0 Å². The molecule has 0 spiro atoms. The van der Waals surface area contributed by atoms with Gasteiger partial charge in [-0.3, -0.25) is 9.80 Å². The monoisotopic (exact) mass is 626 g/mol. The van der Waals surface area contributed by atoms with E-state index in [1.807, 2.05) is 0 Å². The van der Waals surface area contributed by atoms with Crippen LogP contribution in [0.3, 0.4) is 0 Å². The quantitative estimate of drug-likeness (QED) is 0.189. The van der Waals surface area contributed by atoms with Crippen LogP contribution in [0.25, 0.3) is 43.4 Å². The lowest BCUT2D eigenvalue weighted by Gasteiger charge is -2.17. The topological polar surface area (TPSA) is 14.2 Å². The van der Waals surface area contributed by atoms with E-state index in [1.165, 1.54) is 55.0 Å². The summed E-state index contributed by atoms with van der Waals surface area (Å²) in [6.07, 6.45) is 0. The minimum atomic E-state index is 0. The number of hydrogen-bond donors (Lipinski definition) is 0. The zero-order valence-corrected chi connectivity index (χ0v) is 24.2. The van der Waals surface area contributed by atoms with Crippen molar-refractivity contribution in [3.05, 3.63) is 97.1 Å². The Morgan fingerprint density at radius 1 is 0.447 bits per heavy atom. The minimum Gasteiger partial charge on any atom is -1.00 e. The fourth-order valence-corrected chi connectivity index (χ4v) is 6.68. The zero-order valence-electron chi connectivity index (χ0n) is 21.0. The first-order valence-corrected chi connectivity index (χ1v) is 13.0. The molecule has 2 aliphatic rings. The van der Waals surface area contributed by atoms with Gasteiger partial charge in [0.1, 0.15) is 50.3 Å². The molecule has 6 heteroatoms. The maximum absolute atomic E-state index is 2.61. The third-order valence-electron chi connectivity index (χ3n) is 8.24. The van der Waals surface area contributed by atoms with Crippen LogP contribution in [0.4, 0.5) is 11.6 Å². The van der Waals surface area contributed by atoms with Gasteiger partial charge in [0.05, 0.1) is 10.8 Å². The lowest BCUT2D eigenvalue weighted by atomic mass is 10.1. The van der Waals surface area contributed by atoms with Crippen LogP contribution < -0.4 is 52.9 Å². The molecule has 0 aliphatic carbocycles. The molecule has 0 saturated carbocycles. The molecule has 6 aromatic rings. The number of pyridine rings is 2. The van der Waals surface area contributed by atoms with Gasteiger partial charge in [-0.15, -0.1) is 0 Å². The molecule has 0 fully saturated rings. The smallest absolute Gasteiger partial charge is 0.285 e. The maximum Gasteiger partial charge on any atom is 0.285 e. The molecule has 0 bridgehead atoms. The van der Waals surface area contributed by atoms with Gasteiger partial charge < -0.3 is 34.0 Å². The van der Waals surface area contributed by atoms with Crippen LogP contribution in [0.15, 0.2) is 97.1 Å². The van der Waals surface area contributed by atoms with Crippen molar-refractivity contribution in [2.75, 3.05) is 36.0 Å². The van der Waals surface area contributed by atoms with E-state index in [-0.39, 0.29) is 34.0 Å². The van der Waals surface area contributed by atoms with Gasteiger partial charge in [0, 0.05) is 21.5 Å². The van der Waals surface area contributed by atoms with E-state index in [1.54, 1.807) is 0 Å². The first-order valence-electron chi connectivity index (χ1n) is 13.0. The molecule has 4 nitrogen and oxygen atoms in total. The molecule has 190 valence electrons. The average Bonchev–Trinajstić information content (AvgIpc) is 3.57. The molecule has 2 aliphatic heterocycles. The molecule has 0 saturated heterocycles. The summed E-state index contributed by atoms with van der Waals surface area (Å²) in [5.41, 5.74) is 2.68. The molecule has 0 amide bonds. The molecule has 8 rings (SSSR count). The van der Waals surface area contributed by atoms with E-state index in [2.05, 4.69) is 116 Å². The summed E-state index contributed by atoms with van der Waals surface area (Å²) in [6.45, 7) is 6.24. The lowest BCUT2D eigenvalue weighted by Crippen LogP contribution is -3.00. The number of hydrogen-bond acceptors (Lipinski definition) is 2. The standard InChI is InChI=1S/C32H28N4.2BrH/c1-3-13-27-23(9-1)25-11-5-7-15-29(25)35-21-19-33(31(27)35)17-18-34-20-22-36-30-16-8-6-12-26(30)24-10-2-4-14-28(24)32(34)36;;/h1-16H,17-22H2;2*1H/q+2;;/p-2. The lowest BCUT2D eigenvalue weighted by molar-refractivity contribution is -0.643. The van der Waals surface area contributed by atoms with E-state index in [0.717, 1.165) is 39.3 Å². The van der Waals surface area contributed by atoms with E-state index in [9.17, 15) is 0 Å². The van der Waals surface area contributed by atoms with Gasteiger partial charge in [-0.25, -0.2) is 9.13 Å². The number of anilines is 2. The van der Waals surface area contributed by atoms with Crippen LogP contribution in [0, 0.1) is 0 Å². The van der Waals surface area contributed by atoms with Crippen molar-refractivity contribution in [1.82, 2.24) is 0 Å². The molecule has 38 heavy (non-hydrogen) atoms. The minimum absolute atomic E-state index is 0. The van der Waals surface area contributed by atoms with E-state index in [4.69, 9.17) is 0 Å². The second-order valence-electron chi connectivity index (χ2n) is 10.1. The molecule has 0 unspecified atom stereocenters. The second-order valence-corrected chi connectivity index (χ2v) is 10.1. The highest BCUT2D eigenvalue weighted by atomic mass is 79.9. The van der Waals surface area contributed by atoms with Gasteiger partial charge in [-0.05, 0) is 24.3 Å². The number of nitrogens with zero attached hydrogens (tertiary/aromatic N) is 4. The Balaban J connectivity index is 0.00000132. The molecular weight excluding hydrogens is 600 g/mol. The predicted octanol–water partition coefficient (Wildman–Crippen LogP) is -0.777. The number of benzene rings is 4. The van der Waals surface area contributed by atoms with Crippen molar-refractivity contribution < 1.29 is 43.1 Å². The fraction of sp³-hybridized carbons (Fsp3) is 0.188. The van der Waals surface area contributed by atoms with Gasteiger partial charge in [-0.2, -0.15) is 0 Å². The number of rotatable bonds is 3. The Hall–Kier alpha value is -3.22. The van der Waals surface area contributed by atoms with Gasteiger partial charge in [-0.1, -0.05) is 72.8 Å². The van der Waals surface area contributed by atoms with Crippen molar-refractivity contribution in [3.8, 4) is 0 Å². The van der Waals surface area contributed by atoms with Crippen molar-refractivity contribution in [3.63, 3.8) is 0 Å². The largest absolute Gasteiger partial charge is 1.00 e.